The third-order valence-corrected chi connectivity index (χ3v) is 2.66. The summed E-state index contributed by atoms with van der Waals surface area (Å²) in [5.74, 6) is -1.92. The second-order valence-corrected chi connectivity index (χ2v) is 4.16. The Morgan fingerprint density at radius 2 is 1.47 bits per heavy atom. The van der Waals surface area contributed by atoms with Gasteiger partial charge in [0.1, 0.15) is 0 Å². The van der Waals surface area contributed by atoms with Crippen LogP contribution in [0.2, 0.25) is 0 Å². The lowest BCUT2D eigenvalue weighted by Gasteiger charge is -2.10. The topological polar surface area (TPSA) is 74.6 Å². The van der Waals surface area contributed by atoms with Gasteiger partial charge in [0.2, 0.25) is 0 Å². The highest BCUT2D eigenvalue weighted by Gasteiger charge is 2.15. The van der Waals surface area contributed by atoms with Crippen LogP contribution in [0.3, 0.4) is 0 Å². The van der Waals surface area contributed by atoms with E-state index in [1.54, 1.807) is 0 Å². The molecule has 98 valence electrons. The second-order valence-electron chi connectivity index (χ2n) is 4.16. The van der Waals surface area contributed by atoms with Crippen molar-refractivity contribution in [2.75, 3.05) is 0 Å². The molecule has 17 heavy (non-hydrogen) atoms. The van der Waals surface area contributed by atoms with Crippen molar-refractivity contribution < 1.29 is 19.8 Å². The van der Waals surface area contributed by atoms with E-state index in [0.717, 1.165) is 25.7 Å². The van der Waals surface area contributed by atoms with Gasteiger partial charge in [-0.25, -0.2) is 4.79 Å². The molecule has 4 heteroatoms. The van der Waals surface area contributed by atoms with Gasteiger partial charge in [0.05, 0.1) is 6.42 Å². The number of aliphatic carboxylic acids is 2. The van der Waals surface area contributed by atoms with Gasteiger partial charge in [-0.3, -0.25) is 4.79 Å². The van der Waals surface area contributed by atoms with Crippen LogP contribution in [0.5, 0.6) is 0 Å². The van der Waals surface area contributed by atoms with Crippen LogP contribution in [0.1, 0.15) is 58.8 Å². The Labute approximate surface area is 102 Å². The van der Waals surface area contributed by atoms with Crippen LogP contribution >= 0.6 is 0 Å². The molecule has 0 aromatic heterocycles. The highest BCUT2D eigenvalue weighted by molar-refractivity contribution is 5.88. The average molecular weight is 242 g/mol. The van der Waals surface area contributed by atoms with Crippen LogP contribution in [0.4, 0.5) is 0 Å². The molecule has 0 aliphatic carbocycles. The summed E-state index contributed by atoms with van der Waals surface area (Å²) in [5, 5.41) is 17.9. The molecule has 0 aromatic carbocycles. The minimum absolute atomic E-state index is 0.147. The predicted molar refractivity (Wildman–Crippen MR) is 66.0 cm³/mol. The fraction of sp³-hybridized carbons (Fsp3) is 0.692. The maximum atomic E-state index is 11.1. The van der Waals surface area contributed by atoms with Gasteiger partial charge in [-0.15, -0.1) is 0 Å². The maximum absolute atomic E-state index is 11.1. The lowest BCUT2D eigenvalue weighted by molar-refractivity contribution is -0.136. The van der Waals surface area contributed by atoms with Gasteiger partial charge in [-0.05, 0) is 31.3 Å². The van der Waals surface area contributed by atoms with Crippen molar-refractivity contribution >= 4 is 11.9 Å². The Hall–Kier alpha value is -1.32. The average Bonchev–Trinajstić information content (AvgIpc) is 2.24. The highest BCUT2D eigenvalue weighted by atomic mass is 16.4. The summed E-state index contributed by atoms with van der Waals surface area (Å²) in [6.07, 6.45) is 4.37. The van der Waals surface area contributed by atoms with Crippen LogP contribution in [0.15, 0.2) is 11.1 Å². The quantitative estimate of drug-likeness (QED) is 0.609. The summed E-state index contributed by atoms with van der Waals surface area (Å²) in [6.45, 7) is 3.99. The molecule has 0 heterocycles. The zero-order chi connectivity index (χ0) is 13.3. The molecule has 0 unspecified atom stereocenters. The fourth-order valence-electron chi connectivity index (χ4n) is 1.71. The third-order valence-electron chi connectivity index (χ3n) is 2.66. The minimum atomic E-state index is -0.967. The molecule has 0 bridgehead atoms. The van der Waals surface area contributed by atoms with Crippen molar-refractivity contribution in [3.63, 3.8) is 0 Å². The number of unbranched alkanes of at least 4 members (excludes halogenated alkanes) is 2. The summed E-state index contributed by atoms with van der Waals surface area (Å²) in [7, 11) is 0. The van der Waals surface area contributed by atoms with Gasteiger partial charge in [-0.2, -0.15) is 0 Å². The number of rotatable bonds is 9. The fourth-order valence-corrected chi connectivity index (χ4v) is 1.71. The van der Waals surface area contributed by atoms with Crippen molar-refractivity contribution in [2.24, 2.45) is 0 Å². The van der Waals surface area contributed by atoms with Gasteiger partial charge < -0.3 is 10.2 Å². The lowest BCUT2D eigenvalue weighted by Crippen LogP contribution is -2.08. The molecule has 4 nitrogen and oxygen atoms in total. The first kappa shape index (κ1) is 15.7. The molecular formula is C13H22O4. The number of carboxylic acid groups (broad SMARTS) is 2. The number of carboxylic acids is 2. The molecule has 0 spiro atoms. The SMILES string of the molecule is CCCCC(CC(=O)O)=C(CCCC)C(=O)O. The Kier molecular flexibility index (Phi) is 8.11. The molecule has 0 atom stereocenters. The molecule has 0 radical (unpaired) electrons. The van der Waals surface area contributed by atoms with Crippen LogP contribution < -0.4 is 0 Å². The van der Waals surface area contributed by atoms with Gasteiger partial charge in [0.25, 0.3) is 0 Å². The van der Waals surface area contributed by atoms with E-state index in [0.29, 0.717) is 24.0 Å². The summed E-state index contributed by atoms with van der Waals surface area (Å²) >= 11 is 0. The van der Waals surface area contributed by atoms with Crippen molar-refractivity contribution in [2.45, 2.75) is 58.8 Å². The Morgan fingerprint density at radius 1 is 0.941 bits per heavy atom. The van der Waals surface area contributed by atoms with Gasteiger partial charge in [-0.1, -0.05) is 26.7 Å². The first-order valence-electron chi connectivity index (χ1n) is 6.18. The largest absolute Gasteiger partial charge is 0.481 e. The third kappa shape index (κ3) is 6.76. The van der Waals surface area contributed by atoms with Crippen molar-refractivity contribution in [1.29, 1.82) is 0 Å². The van der Waals surface area contributed by atoms with E-state index in [-0.39, 0.29) is 6.42 Å². The monoisotopic (exact) mass is 242 g/mol. The molecule has 0 aliphatic heterocycles. The van der Waals surface area contributed by atoms with Gasteiger partial charge >= 0.3 is 11.9 Å². The summed E-state index contributed by atoms with van der Waals surface area (Å²) in [6, 6.07) is 0. The predicted octanol–water partition coefficient (Wildman–Crippen LogP) is 3.22. The molecule has 0 saturated carbocycles. The molecule has 2 N–H and O–H groups in total. The standard InChI is InChI=1S/C13H22O4/c1-3-5-7-10(9-12(14)15)11(13(16)17)8-6-4-2/h3-9H2,1-2H3,(H,14,15)(H,16,17). The first-order chi connectivity index (χ1) is 8.02. The number of hydrogen-bond donors (Lipinski definition) is 2. The van der Waals surface area contributed by atoms with E-state index in [9.17, 15) is 9.59 Å². The van der Waals surface area contributed by atoms with Crippen LogP contribution in [0, 0.1) is 0 Å². The van der Waals surface area contributed by atoms with Crippen molar-refractivity contribution in [1.82, 2.24) is 0 Å². The van der Waals surface area contributed by atoms with Gasteiger partial charge in [0.15, 0.2) is 0 Å². The molecule has 0 saturated heterocycles. The summed E-state index contributed by atoms with van der Waals surface area (Å²) < 4.78 is 0. The molecule has 0 amide bonds. The summed E-state index contributed by atoms with van der Waals surface area (Å²) in [5.41, 5.74) is 0.892. The van der Waals surface area contributed by atoms with E-state index >= 15 is 0 Å². The number of carbonyl (C=O) groups is 2. The highest BCUT2D eigenvalue weighted by Crippen LogP contribution is 2.21. The smallest absolute Gasteiger partial charge is 0.331 e. The number of hydrogen-bond acceptors (Lipinski definition) is 2. The minimum Gasteiger partial charge on any atom is -0.481 e. The zero-order valence-corrected chi connectivity index (χ0v) is 10.7. The molecule has 0 aromatic rings. The first-order valence-corrected chi connectivity index (χ1v) is 6.18. The van der Waals surface area contributed by atoms with Gasteiger partial charge in [0, 0.05) is 5.57 Å². The normalized spacial score (nSPS) is 12.1. The Balaban J connectivity index is 4.92. The van der Waals surface area contributed by atoms with E-state index in [1.165, 1.54) is 0 Å². The molecule has 0 fully saturated rings. The van der Waals surface area contributed by atoms with Crippen molar-refractivity contribution in [3.05, 3.63) is 11.1 Å². The Bertz CT molecular complexity index is 292. The lowest BCUT2D eigenvalue weighted by atomic mass is 9.96. The van der Waals surface area contributed by atoms with Crippen LogP contribution in [-0.4, -0.2) is 22.2 Å². The van der Waals surface area contributed by atoms with E-state index in [2.05, 4.69) is 0 Å². The molecule has 0 aliphatic rings. The van der Waals surface area contributed by atoms with Crippen molar-refractivity contribution in [3.8, 4) is 0 Å². The van der Waals surface area contributed by atoms with Crippen LogP contribution in [-0.2, 0) is 9.59 Å². The second kappa shape index (κ2) is 8.79. The molecular weight excluding hydrogens is 220 g/mol. The zero-order valence-electron chi connectivity index (χ0n) is 10.7. The van der Waals surface area contributed by atoms with E-state index < -0.39 is 11.9 Å². The Morgan fingerprint density at radius 3 is 1.88 bits per heavy atom. The van der Waals surface area contributed by atoms with E-state index in [1.807, 2.05) is 13.8 Å². The van der Waals surface area contributed by atoms with Crippen LogP contribution in [0.25, 0.3) is 0 Å². The maximum Gasteiger partial charge on any atom is 0.331 e. The van der Waals surface area contributed by atoms with E-state index in [4.69, 9.17) is 10.2 Å². The summed E-state index contributed by atoms with van der Waals surface area (Å²) in [4.78, 5) is 21.9. The molecule has 0 rings (SSSR count).